The number of methoxy groups -OCH3 is 1. The van der Waals surface area contributed by atoms with E-state index in [1.165, 1.54) is 23.8 Å². The minimum absolute atomic E-state index is 0.317. The highest BCUT2D eigenvalue weighted by Crippen LogP contribution is 2.46. The van der Waals surface area contributed by atoms with Crippen molar-refractivity contribution in [1.29, 1.82) is 0 Å². The SMILES string of the molecule is CCCC1(c2nnn[nH]2)c2ccc(C)cc2CCc2cc(C(=O)OC)ccc21. The molecule has 0 radical (unpaired) electrons. The van der Waals surface area contributed by atoms with Crippen LogP contribution in [0.15, 0.2) is 36.4 Å². The summed E-state index contributed by atoms with van der Waals surface area (Å²) in [4.78, 5) is 12.1. The van der Waals surface area contributed by atoms with E-state index < -0.39 is 5.41 Å². The molecule has 0 saturated carbocycles. The second-order valence-electron chi connectivity index (χ2n) is 7.43. The van der Waals surface area contributed by atoms with E-state index in [4.69, 9.17) is 4.74 Å². The van der Waals surface area contributed by atoms with E-state index in [0.29, 0.717) is 5.56 Å². The summed E-state index contributed by atoms with van der Waals surface area (Å²) in [7, 11) is 1.41. The van der Waals surface area contributed by atoms with Crippen molar-refractivity contribution in [2.75, 3.05) is 7.11 Å². The molecule has 144 valence electrons. The topological polar surface area (TPSA) is 80.8 Å². The Morgan fingerprint density at radius 1 is 1.14 bits per heavy atom. The predicted molar refractivity (Wildman–Crippen MR) is 105 cm³/mol. The van der Waals surface area contributed by atoms with E-state index in [2.05, 4.69) is 58.7 Å². The van der Waals surface area contributed by atoms with E-state index in [1.54, 1.807) is 0 Å². The van der Waals surface area contributed by atoms with Crippen LogP contribution in [-0.2, 0) is 23.0 Å². The van der Waals surface area contributed by atoms with Crippen LogP contribution in [0.5, 0.6) is 0 Å². The van der Waals surface area contributed by atoms with Gasteiger partial charge in [0.2, 0.25) is 0 Å². The van der Waals surface area contributed by atoms with Gasteiger partial charge < -0.3 is 4.74 Å². The summed E-state index contributed by atoms with van der Waals surface area (Å²) >= 11 is 0. The molecule has 1 aromatic heterocycles. The van der Waals surface area contributed by atoms with Gasteiger partial charge in [-0.15, -0.1) is 5.10 Å². The van der Waals surface area contributed by atoms with Gasteiger partial charge in [0, 0.05) is 0 Å². The van der Waals surface area contributed by atoms with Crippen LogP contribution < -0.4 is 0 Å². The minimum atomic E-state index is -0.470. The van der Waals surface area contributed by atoms with Crippen molar-refractivity contribution in [3.63, 3.8) is 0 Å². The van der Waals surface area contributed by atoms with Crippen LogP contribution in [0.2, 0.25) is 0 Å². The first-order chi connectivity index (χ1) is 13.6. The molecule has 1 atom stereocenters. The molecule has 0 saturated heterocycles. The van der Waals surface area contributed by atoms with Gasteiger partial charge in [-0.25, -0.2) is 9.89 Å². The number of aromatic amines is 1. The van der Waals surface area contributed by atoms with E-state index in [0.717, 1.165) is 42.6 Å². The summed E-state index contributed by atoms with van der Waals surface area (Å²) in [5.41, 5.74) is 6.18. The standard InChI is InChI=1S/C22H24N4O2/c1-4-11-22(21-23-25-26-24-21)18-9-5-14(2)12-15(18)6-7-16-13-17(20(27)28-3)8-10-19(16)22/h5,8-10,12-13H,4,6-7,11H2,1-3H3,(H,23,24,25,26). The van der Waals surface area contributed by atoms with Gasteiger partial charge in [-0.3, -0.25) is 0 Å². The third kappa shape index (κ3) is 2.80. The van der Waals surface area contributed by atoms with Gasteiger partial charge in [-0.2, -0.15) is 0 Å². The molecule has 1 unspecified atom stereocenters. The summed E-state index contributed by atoms with van der Waals surface area (Å²) in [6, 6.07) is 12.5. The quantitative estimate of drug-likeness (QED) is 0.705. The number of H-pyrrole nitrogens is 1. The monoisotopic (exact) mass is 376 g/mol. The number of nitrogens with one attached hydrogen (secondary N) is 1. The number of hydrogen-bond acceptors (Lipinski definition) is 5. The molecule has 1 aliphatic rings. The number of esters is 1. The highest BCUT2D eigenvalue weighted by molar-refractivity contribution is 5.89. The number of aryl methyl sites for hydroxylation is 3. The molecule has 0 spiro atoms. The minimum Gasteiger partial charge on any atom is -0.465 e. The first-order valence-corrected chi connectivity index (χ1v) is 9.66. The van der Waals surface area contributed by atoms with Crippen molar-refractivity contribution in [3.05, 3.63) is 75.6 Å². The van der Waals surface area contributed by atoms with Crippen LogP contribution in [0.1, 0.15) is 63.8 Å². The molecule has 2 aromatic carbocycles. The van der Waals surface area contributed by atoms with E-state index in [1.807, 2.05) is 12.1 Å². The lowest BCUT2D eigenvalue weighted by molar-refractivity contribution is 0.0600. The maximum Gasteiger partial charge on any atom is 0.337 e. The number of carbonyl (C=O) groups excluding carboxylic acids is 1. The van der Waals surface area contributed by atoms with Crippen LogP contribution in [0.4, 0.5) is 0 Å². The Balaban J connectivity index is 2.03. The Hall–Kier alpha value is -3.02. The molecule has 1 N–H and O–H groups in total. The number of carbonyl (C=O) groups is 1. The number of ether oxygens (including phenoxy) is 1. The van der Waals surface area contributed by atoms with Gasteiger partial charge >= 0.3 is 5.97 Å². The zero-order valence-electron chi connectivity index (χ0n) is 16.5. The molecule has 0 aliphatic heterocycles. The molecule has 1 heterocycles. The fourth-order valence-electron chi connectivity index (χ4n) is 4.58. The van der Waals surface area contributed by atoms with Crippen molar-refractivity contribution >= 4 is 5.97 Å². The molecule has 3 aromatic rings. The summed E-state index contributed by atoms with van der Waals surface area (Å²) in [5.74, 6) is 0.427. The number of benzene rings is 2. The third-order valence-electron chi connectivity index (χ3n) is 5.74. The Kier molecular flexibility index (Phi) is 4.71. The highest BCUT2D eigenvalue weighted by Gasteiger charge is 2.43. The lowest BCUT2D eigenvalue weighted by Crippen LogP contribution is -2.32. The van der Waals surface area contributed by atoms with E-state index in [-0.39, 0.29) is 5.97 Å². The molecular weight excluding hydrogens is 352 g/mol. The van der Waals surface area contributed by atoms with E-state index in [9.17, 15) is 4.79 Å². The molecule has 1 aliphatic carbocycles. The molecule has 6 nitrogen and oxygen atoms in total. The Morgan fingerprint density at radius 2 is 1.86 bits per heavy atom. The number of hydrogen-bond donors (Lipinski definition) is 1. The number of rotatable bonds is 4. The first kappa shape index (κ1) is 18.3. The average molecular weight is 376 g/mol. The molecule has 0 amide bonds. The lowest BCUT2D eigenvalue weighted by Gasteiger charge is -2.34. The zero-order valence-corrected chi connectivity index (χ0v) is 16.5. The van der Waals surface area contributed by atoms with Gasteiger partial charge in [0.25, 0.3) is 0 Å². The summed E-state index contributed by atoms with van der Waals surface area (Å²) in [6.45, 7) is 4.29. The average Bonchev–Trinajstić information content (AvgIpc) is 3.21. The fourth-order valence-corrected chi connectivity index (χ4v) is 4.58. The van der Waals surface area contributed by atoms with Crippen LogP contribution in [-0.4, -0.2) is 33.7 Å². The maximum absolute atomic E-state index is 12.1. The van der Waals surface area contributed by atoms with Crippen molar-refractivity contribution in [1.82, 2.24) is 20.6 Å². The summed E-state index contributed by atoms with van der Waals surface area (Å²) in [6.07, 6.45) is 3.59. The number of fused-ring (bicyclic) bond motifs is 2. The van der Waals surface area contributed by atoms with E-state index >= 15 is 0 Å². The van der Waals surface area contributed by atoms with Crippen LogP contribution in [0.25, 0.3) is 0 Å². The molecule has 0 fully saturated rings. The van der Waals surface area contributed by atoms with Crippen molar-refractivity contribution < 1.29 is 9.53 Å². The lowest BCUT2D eigenvalue weighted by atomic mass is 9.68. The Labute approximate surface area is 164 Å². The molecule has 0 bridgehead atoms. The highest BCUT2D eigenvalue weighted by atomic mass is 16.5. The van der Waals surface area contributed by atoms with Crippen LogP contribution in [0, 0.1) is 6.92 Å². The largest absolute Gasteiger partial charge is 0.465 e. The molecular formula is C22H24N4O2. The summed E-state index contributed by atoms with van der Waals surface area (Å²) in [5, 5.41) is 15.2. The number of nitrogens with zero attached hydrogens (tertiary/aromatic N) is 3. The predicted octanol–water partition coefficient (Wildman–Crippen LogP) is 3.53. The Morgan fingerprint density at radius 3 is 2.50 bits per heavy atom. The van der Waals surface area contributed by atoms with Crippen molar-refractivity contribution in [2.24, 2.45) is 0 Å². The van der Waals surface area contributed by atoms with Gasteiger partial charge in [0.15, 0.2) is 5.82 Å². The molecule has 28 heavy (non-hydrogen) atoms. The number of tetrazole rings is 1. The molecule has 6 heteroatoms. The normalized spacial score (nSPS) is 18.1. The third-order valence-corrected chi connectivity index (χ3v) is 5.74. The Bertz CT molecular complexity index is 1010. The second-order valence-corrected chi connectivity index (χ2v) is 7.43. The first-order valence-electron chi connectivity index (χ1n) is 9.66. The maximum atomic E-state index is 12.1. The van der Waals surface area contributed by atoms with Gasteiger partial charge in [-0.05, 0) is 71.0 Å². The van der Waals surface area contributed by atoms with Crippen LogP contribution in [0.3, 0.4) is 0 Å². The van der Waals surface area contributed by atoms with Gasteiger partial charge in [0.05, 0.1) is 18.1 Å². The van der Waals surface area contributed by atoms with Crippen molar-refractivity contribution in [3.8, 4) is 0 Å². The number of aromatic nitrogens is 4. The van der Waals surface area contributed by atoms with Crippen molar-refractivity contribution in [2.45, 2.75) is 44.9 Å². The van der Waals surface area contributed by atoms with Gasteiger partial charge in [0.1, 0.15) is 0 Å². The van der Waals surface area contributed by atoms with Crippen LogP contribution >= 0.6 is 0 Å². The van der Waals surface area contributed by atoms with Gasteiger partial charge in [-0.1, -0.05) is 43.2 Å². The smallest absolute Gasteiger partial charge is 0.337 e. The second kappa shape index (κ2) is 7.19. The zero-order chi connectivity index (χ0) is 19.7. The fraction of sp³-hybridized carbons (Fsp3) is 0.364. The summed E-state index contributed by atoms with van der Waals surface area (Å²) < 4.78 is 4.93. The molecule has 4 rings (SSSR count).